The molecule has 4 rings (SSSR count). The summed E-state index contributed by atoms with van der Waals surface area (Å²) >= 11 is 5.93. The summed E-state index contributed by atoms with van der Waals surface area (Å²) < 4.78 is 18.6. The number of hydrogen-bond donors (Lipinski definition) is 0. The number of fused-ring (bicyclic) bond motifs is 2. The van der Waals surface area contributed by atoms with Crippen LogP contribution in [0.1, 0.15) is 14.0 Å². The summed E-state index contributed by atoms with van der Waals surface area (Å²) in [7, 11) is 0. The van der Waals surface area contributed by atoms with E-state index in [4.69, 9.17) is 14.3 Å². The van der Waals surface area contributed by atoms with E-state index in [1.807, 2.05) is 18.2 Å². The van der Waals surface area contributed by atoms with Gasteiger partial charge in [0, 0.05) is 20.7 Å². The third kappa shape index (κ3) is 2.23. The van der Waals surface area contributed by atoms with Crippen molar-refractivity contribution in [3.8, 4) is 0 Å². The van der Waals surface area contributed by atoms with Crippen LogP contribution < -0.4 is 0 Å². The average Bonchev–Trinajstić information content (AvgIpc) is 2.98. The first-order chi connectivity index (χ1) is 11.1. The van der Waals surface area contributed by atoms with Gasteiger partial charge in [-0.05, 0) is 35.9 Å². The van der Waals surface area contributed by atoms with Gasteiger partial charge in [0.1, 0.15) is 5.15 Å². The molecule has 0 spiro atoms. The van der Waals surface area contributed by atoms with Gasteiger partial charge in [-0.15, -0.1) is 0 Å². The van der Waals surface area contributed by atoms with Crippen molar-refractivity contribution in [1.82, 2.24) is 19.6 Å². The lowest BCUT2D eigenvalue weighted by atomic mass is 10.1. The van der Waals surface area contributed by atoms with Crippen LogP contribution in [0.2, 0.25) is 5.15 Å². The van der Waals surface area contributed by atoms with Crippen molar-refractivity contribution in [3.05, 3.63) is 71.3 Å². The molecule has 0 atom stereocenters. The van der Waals surface area contributed by atoms with Crippen LogP contribution in [0.5, 0.6) is 0 Å². The number of rotatable bonds is 2. The van der Waals surface area contributed by atoms with E-state index in [0.717, 1.165) is 10.9 Å². The molecular formula is C16H11ClN4. The van der Waals surface area contributed by atoms with E-state index >= 15 is 0 Å². The Bertz CT molecular complexity index is 1030. The fourth-order valence-corrected chi connectivity index (χ4v) is 2.38. The second-order valence-corrected chi connectivity index (χ2v) is 4.99. The first-order valence-corrected chi connectivity index (χ1v) is 6.79. The summed E-state index contributed by atoms with van der Waals surface area (Å²) in [6.45, 7) is 0. The molecule has 0 unspecified atom stereocenters. The molecule has 0 amide bonds. The molecule has 0 aliphatic heterocycles. The van der Waals surface area contributed by atoms with Crippen molar-refractivity contribution >= 4 is 28.2 Å². The van der Waals surface area contributed by atoms with Gasteiger partial charge in [-0.25, -0.2) is 9.50 Å². The molecule has 21 heavy (non-hydrogen) atoms. The lowest BCUT2D eigenvalue weighted by Gasteiger charge is -2.03. The van der Waals surface area contributed by atoms with Gasteiger partial charge in [0.25, 0.3) is 0 Å². The Labute approximate surface area is 128 Å². The van der Waals surface area contributed by atoms with Crippen molar-refractivity contribution in [2.24, 2.45) is 0 Å². The topological polar surface area (TPSA) is 43.1 Å². The van der Waals surface area contributed by atoms with E-state index in [2.05, 4.69) is 15.1 Å². The monoisotopic (exact) mass is 296 g/mol. The van der Waals surface area contributed by atoms with Crippen LogP contribution in [0.15, 0.2) is 54.9 Å². The van der Waals surface area contributed by atoms with Crippen molar-refractivity contribution in [2.75, 3.05) is 0 Å². The highest BCUT2D eigenvalue weighted by atomic mass is 35.5. The highest BCUT2D eigenvalue weighted by molar-refractivity contribution is 6.29. The first kappa shape index (κ1) is 10.3. The zero-order chi connectivity index (χ0) is 16.0. The fourth-order valence-electron chi connectivity index (χ4n) is 2.24. The zero-order valence-electron chi connectivity index (χ0n) is 12.9. The number of nitrogens with zero attached hydrogens (tertiary/aromatic N) is 4. The van der Waals surface area contributed by atoms with Crippen molar-refractivity contribution < 1.29 is 2.74 Å². The third-order valence-corrected chi connectivity index (χ3v) is 3.41. The first-order valence-electron chi connectivity index (χ1n) is 7.42. The predicted molar refractivity (Wildman–Crippen MR) is 82.5 cm³/mol. The molecule has 0 radical (unpaired) electrons. The lowest BCUT2D eigenvalue weighted by Crippen LogP contribution is -1.98. The van der Waals surface area contributed by atoms with Gasteiger partial charge in [-0.2, -0.15) is 5.10 Å². The summed E-state index contributed by atoms with van der Waals surface area (Å²) in [5.41, 5.74) is 2.22. The molecule has 1 aromatic carbocycles. The Morgan fingerprint density at radius 2 is 2.10 bits per heavy atom. The second-order valence-electron chi connectivity index (χ2n) is 4.61. The molecule has 3 heterocycles. The van der Waals surface area contributed by atoms with Gasteiger partial charge in [0.05, 0.1) is 17.4 Å². The Morgan fingerprint density at radius 1 is 1.14 bits per heavy atom. The van der Waals surface area contributed by atoms with Crippen LogP contribution in [0.4, 0.5) is 0 Å². The quantitative estimate of drug-likeness (QED) is 0.568. The summed E-state index contributed by atoms with van der Waals surface area (Å²) in [5, 5.41) is 5.33. The van der Waals surface area contributed by atoms with Gasteiger partial charge in [-0.3, -0.25) is 4.98 Å². The van der Waals surface area contributed by atoms with Crippen molar-refractivity contribution in [1.29, 1.82) is 0 Å². The van der Waals surface area contributed by atoms with Crippen LogP contribution in [0.25, 0.3) is 16.6 Å². The fraction of sp³-hybridized carbons (Fsp3) is 0.0625. The van der Waals surface area contributed by atoms with E-state index in [0.29, 0.717) is 16.9 Å². The molecule has 0 aliphatic carbocycles. The van der Waals surface area contributed by atoms with Crippen molar-refractivity contribution in [3.63, 3.8) is 0 Å². The molecular weight excluding hydrogens is 284 g/mol. The van der Waals surface area contributed by atoms with E-state index in [1.165, 1.54) is 10.7 Å². The third-order valence-electron chi connectivity index (χ3n) is 3.21. The van der Waals surface area contributed by atoms with E-state index < -0.39 is 6.37 Å². The lowest BCUT2D eigenvalue weighted by molar-refractivity contribution is 0.872. The minimum Gasteiger partial charge on any atom is -0.256 e. The van der Waals surface area contributed by atoms with Crippen LogP contribution in [0, 0.1) is 0 Å². The SMILES string of the molecule is [2H]C([2H])(c1ccc2ncccc2c1)c1cnc2ccc(Cl)nn12. The molecule has 0 fully saturated rings. The number of benzene rings is 1. The van der Waals surface area contributed by atoms with Crippen LogP contribution in [-0.2, 0) is 6.37 Å². The van der Waals surface area contributed by atoms with Crippen LogP contribution in [0.3, 0.4) is 0 Å². The summed E-state index contributed by atoms with van der Waals surface area (Å²) in [4.78, 5) is 8.46. The number of imidazole rings is 1. The zero-order valence-corrected chi connectivity index (χ0v) is 11.6. The normalized spacial score (nSPS) is 13.4. The van der Waals surface area contributed by atoms with E-state index in [9.17, 15) is 0 Å². The minimum absolute atomic E-state index is 0.287. The Kier molecular flexibility index (Phi) is 2.36. The molecule has 0 bridgehead atoms. The maximum absolute atomic E-state index is 8.56. The number of halogens is 1. The molecule has 3 aromatic heterocycles. The van der Waals surface area contributed by atoms with Gasteiger partial charge in [-0.1, -0.05) is 23.7 Å². The smallest absolute Gasteiger partial charge is 0.153 e. The number of pyridine rings is 1. The molecule has 0 N–H and O–H groups in total. The molecule has 0 saturated carbocycles. The van der Waals surface area contributed by atoms with Gasteiger partial charge >= 0.3 is 0 Å². The maximum Gasteiger partial charge on any atom is 0.153 e. The van der Waals surface area contributed by atoms with Gasteiger partial charge < -0.3 is 0 Å². The maximum atomic E-state index is 8.56. The van der Waals surface area contributed by atoms with Crippen LogP contribution >= 0.6 is 11.6 Å². The van der Waals surface area contributed by atoms with Gasteiger partial charge in [0.2, 0.25) is 0 Å². The number of hydrogen-bond acceptors (Lipinski definition) is 3. The summed E-state index contributed by atoms with van der Waals surface area (Å²) in [6, 6.07) is 12.4. The largest absolute Gasteiger partial charge is 0.256 e. The molecule has 102 valence electrons. The molecule has 4 nitrogen and oxygen atoms in total. The van der Waals surface area contributed by atoms with Gasteiger partial charge in [0.15, 0.2) is 5.65 Å². The molecule has 5 heteroatoms. The van der Waals surface area contributed by atoms with Crippen molar-refractivity contribution in [2.45, 2.75) is 6.37 Å². The molecule has 4 aromatic rings. The minimum atomic E-state index is -1.76. The second kappa shape index (κ2) is 4.82. The standard InChI is InChI=1S/C16H11ClN4/c17-15-5-6-16-19-10-13(21(16)20-15)9-11-3-4-14-12(8-11)2-1-7-18-14/h1-8,10H,9H2/i9D2. The number of aromatic nitrogens is 4. The summed E-state index contributed by atoms with van der Waals surface area (Å²) in [5.74, 6) is 0. The van der Waals surface area contributed by atoms with E-state index in [1.54, 1.807) is 30.5 Å². The molecule has 0 saturated heterocycles. The Balaban J connectivity index is 1.91. The highest BCUT2D eigenvalue weighted by Crippen LogP contribution is 2.17. The average molecular weight is 297 g/mol. The van der Waals surface area contributed by atoms with E-state index in [-0.39, 0.29) is 5.15 Å². The molecule has 0 aliphatic rings. The Morgan fingerprint density at radius 3 is 3.05 bits per heavy atom. The Hall–Kier alpha value is -2.46. The highest BCUT2D eigenvalue weighted by Gasteiger charge is 2.07. The summed E-state index contributed by atoms with van der Waals surface area (Å²) in [6.07, 6.45) is 1.44. The van der Waals surface area contributed by atoms with Crippen LogP contribution in [-0.4, -0.2) is 19.6 Å². The predicted octanol–water partition coefficient (Wildman–Crippen LogP) is 3.52.